The normalized spacial score (nSPS) is 13.5. The predicted molar refractivity (Wildman–Crippen MR) is 83.2 cm³/mol. The molecule has 0 spiro atoms. The van der Waals surface area contributed by atoms with E-state index in [2.05, 4.69) is 44.8 Å². The summed E-state index contributed by atoms with van der Waals surface area (Å²) in [7, 11) is 0. The highest BCUT2D eigenvalue weighted by atomic mass is 15.1. The maximum atomic E-state index is 3.72. The molecule has 0 heterocycles. The Morgan fingerprint density at radius 1 is 0.944 bits per heavy atom. The van der Waals surface area contributed by atoms with Gasteiger partial charge >= 0.3 is 0 Å². The minimum atomic E-state index is 0.726. The Kier molecular flexibility index (Phi) is 11.9. The van der Waals surface area contributed by atoms with Crippen LogP contribution in [0.15, 0.2) is 0 Å². The van der Waals surface area contributed by atoms with E-state index in [4.69, 9.17) is 0 Å². The van der Waals surface area contributed by atoms with Crippen LogP contribution in [0, 0.1) is 5.92 Å². The fraction of sp³-hybridized carbons (Fsp3) is 1.00. The molecule has 2 heteroatoms. The van der Waals surface area contributed by atoms with Gasteiger partial charge in [-0.05, 0) is 51.4 Å². The third-order valence-electron chi connectivity index (χ3n) is 3.71. The molecule has 0 aliphatic carbocycles. The van der Waals surface area contributed by atoms with E-state index in [0.717, 1.165) is 12.0 Å². The Bertz CT molecular complexity index is 164. The maximum Gasteiger partial charge on any atom is 0.00792 e. The van der Waals surface area contributed by atoms with Gasteiger partial charge in [0.2, 0.25) is 0 Å². The number of hydrogen-bond donors (Lipinski definition) is 1. The Morgan fingerprint density at radius 2 is 1.61 bits per heavy atom. The summed E-state index contributed by atoms with van der Waals surface area (Å²) >= 11 is 0. The number of nitrogens with zero attached hydrogens (tertiary/aromatic N) is 1. The second kappa shape index (κ2) is 12.0. The monoisotopic (exact) mass is 256 g/mol. The van der Waals surface area contributed by atoms with Gasteiger partial charge in [0.25, 0.3) is 0 Å². The average Bonchev–Trinajstić information content (AvgIpc) is 2.35. The molecule has 0 rings (SSSR count). The van der Waals surface area contributed by atoms with Crippen LogP contribution in [-0.2, 0) is 0 Å². The van der Waals surface area contributed by atoms with Crippen LogP contribution in [0.2, 0.25) is 0 Å². The van der Waals surface area contributed by atoms with Crippen molar-refractivity contribution in [1.29, 1.82) is 0 Å². The summed E-state index contributed by atoms with van der Waals surface area (Å²) in [4.78, 5) is 2.53. The van der Waals surface area contributed by atoms with Gasteiger partial charge in [-0.2, -0.15) is 0 Å². The van der Waals surface area contributed by atoms with Gasteiger partial charge in [-0.1, -0.05) is 47.5 Å². The lowest BCUT2D eigenvalue weighted by Crippen LogP contribution is -2.34. The minimum Gasteiger partial charge on any atom is -0.314 e. The predicted octanol–water partition coefficient (Wildman–Crippen LogP) is 3.91. The molecule has 0 saturated carbocycles. The fourth-order valence-corrected chi connectivity index (χ4v) is 2.35. The first kappa shape index (κ1) is 17.9. The highest BCUT2D eigenvalue weighted by molar-refractivity contribution is 4.69. The molecule has 1 atom stereocenters. The van der Waals surface area contributed by atoms with Gasteiger partial charge in [-0.25, -0.2) is 0 Å². The Hall–Kier alpha value is -0.0800. The molecule has 0 amide bonds. The lowest BCUT2D eigenvalue weighted by Gasteiger charge is -2.24. The summed E-state index contributed by atoms with van der Waals surface area (Å²) in [5.41, 5.74) is 0. The molecule has 0 aromatic carbocycles. The molecule has 0 aliphatic heterocycles. The maximum absolute atomic E-state index is 3.72. The Balaban J connectivity index is 3.89. The summed E-state index contributed by atoms with van der Waals surface area (Å²) in [6, 6.07) is 0.726. The number of hydrogen-bond acceptors (Lipinski definition) is 2. The molecule has 0 aromatic heterocycles. The summed E-state index contributed by atoms with van der Waals surface area (Å²) in [6.07, 6.45) is 6.64. The molecule has 1 unspecified atom stereocenters. The average molecular weight is 256 g/mol. The Labute approximate surface area is 116 Å². The first-order valence-corrected chi connectivity index (χ1v) is 8.09. The van der Waals surface area contributed by atoms with Gasteiger partial charge in [-0.15, -0.1) is 0 Å². The fourth-order valence-electron chi connectivity index (χ4n) is 2.35. The summed E-state index contributed by atoms with van der Waals surface area (Å²) in [5.74, 6) is 0.847. The molecule has 0 saturated heterocycles. The van der Waals surface area contributed by atoms with Crippen LogP contribution >= 0.6 is 0 Å². The smallest absolute Gasteiger partial charge is 0.00792 e. The van der Waals surface area contributed by atoms with Gasteiger partial charge in [0.1, 0.15) is 0 Å². The quantitative estimate of drug-likeness (QED) is 0.569. The molecule has 1 N–H and O–H groups in total. The third kappa shape index (κ3) is 9.90. The van der Waals surface area contributed by atoms with E-state index in [9.17, 15) is 0 Å². The van der Waals surface area contributed by atoms with E-state index in [-0.39, 0.29) is 0 Å². The second-order valence-corrected chi connectivity index (χ2v) is 5.79. The lowest BCUT2D eigenvalue weighted by molar-refractivity contribution is 0.274. The minimum absolute atomic E-state index is 0.726. The molecule has 110 valence electrons. The molecular formula is C16H36N2. The van der Waals surface area contributed by atoms with Gasteiger partial charge < -0.3 is 10.2 Å². The van der Waals surface area contributed by atoms with E-state index >= 15 is 0 Å². The standard InChI is InChI=1S/C16H36N2/c1-6-13-17-16(11-9-10-15(4)5)12-14-18(7-2)8-3/h15-17H,6-14H2,1-5H3. The van der Waals surface area contributed by atoms with Crippen molar-refractivity contribution in [3.63, 3.8) is 0 Å². The van der Waals surface area contributed by atoms with E-state index in [1.54, 1.807) is 0 Å². The molecule has 0 aromatic rings. The molecule has 2 nitrogen and oxygen atoms in total. The van der Waals surface area contributed by atoms with Gasteiger partial charge in [0.15, 0.2) is 0 Å². The summed E-state index contributed by atoms with van der Waals surface area (Å²) in [5, 5.41) is 3.72. The second-order valence-electron chi connectivity index (χ2n) is 5.79. The SMILES string of the molecule is CCCNC(CCCC(C)C)CCN(CC)CC. The van der Waals surface area contributed by atoms with E-state index < -0.39 is 0 Å². The molecule has 18 heavy (non-hydrogen) atoms. The van der Waals surface area contributed by atoms with E-state index in [1.807, 2.05) is 0 Å². The van der Waals surface area contributed by atoms with Crippen LogP contribution in [0.5, 0.6) is 0 Å². The topological polar surface area (TPSA) is 15.3 Å². The van der Waals surface area contributed by atoms with Crippen molar-refractivity contribution in [2.24, 2.45) is 5.92 Å². The van der Waals surface area contributed by atoms with Crippen molar-refractivity contribution in [3.8, 4) is 0 Å². The number of rotatable bonds is 12. The van der Waals surface area contributed by atoms with E-state index in [0.29, 0.717) is 0 Å². The van der Waals surface area contributed by atoms with Gasteiger partial charge in [0.05, 0.1) is 0 Å². The van der Waals surface area contributed by atoms with Crippen molar-refractivity contribution in [3.05, 3.63) is 0 Å². The van der Waals surface area contributed by atoms with Gasteiger partial charge in [-0.3, -0.25) is 0 Å². The Morgan fingerprint density at radius 3 is 2.11 bits per heavy atom. The van der Waals surface area contributed by atoms with Crippen LogP contribution in [0.3, 0.4) is 0 Å². The summed E-state index contributed by atoms with van der Waals surface area (Å²) in [6.45, 7) is 16.2. The largest absolute Gasteiger partial charge is 0.314 e. The van der Waals surface area contributed by atoms with Crippen LogP contribution in [0.4, 0.5) is 0 Å². The van der Waals surface area contributed by atoms with Crippen molar-refractivity contribution in [1.82, 2.24) is 10.2 Å². The zero-order valence-electron chi connectivity index (χ0n) is 13.5. The molecule has 0 radical (unpaired) electrons. The summed E-state index contributed by atoms with van der Waals surface area (Å²) < 4.78 is 0. The highest BCUT2D eigenvalue weighted by Crippen LogP contribution is 2.11. The zero-order chi connectivity index (χ0) is 13.8. The molecule has 0 bridgehead atoms. The van der Waals surface area contributed by atoms with Crippen molar-refractivity contribution >= 4 is 0 Å². The first-order valence-electron chi connectivity index (χ1n) is 8.09. The van der Waals surface area contributed by atoms with Crippen LogP contribution < -0.4 is 5.32 Å². The highest BCUT2D eigenvalue weighted by Gasteiger charge is 2.09. The van der Waals surface area contributed by atoms with Crippen molar-refractivity contribution in [2.45, 2.75) is 72.8 Å². The zero-order valence-corrected chi connectivity index (χ0v) is 13.5. The van der Waals surface area contributed by atoms with Gasteiger partial charge in [0, 0.05) is 6.04 Å². The molecular weight excluding hydrogens is 220 g/mol. The van der Waals surface area contributed by atoms with Crippen LogP contribution in [-0.4, -0.2) is 37.1 Å². The van der Waals surface area contributed by atoms with Crippen LogP contribution in [0.25, 0.3) is 0 Å². The van der Waals surface area contributed by atoms with Crippen molar-refractivity contribution in [2.75, 3.05) is 26.2 Å². The van der Waals surface area contributed by atoms with E-state index in [1.165, 1.54) is 58.3 Å². The third-order valence-corrected chi connectivity index (χ3v) is 3.71. The van der Waals surface area contributed by atoms with Crippen molar-refractivity contribution < 1.29 is 0 Å². The molecule has 0 aliphatic rings. The first-order chi connectivity index (χ1) is 8.63. The van der Waals surface area contributed by atoms with Crippen LogP contribution in [0.1, 0.15) is 66.7 Å². The lowest BCUT2D eigenvalue weighted by atomic mass is 10.0. The molecule has 0 fully saturated rings. The number of nitrogens with one attached hydrogen (secondary N) is 1.